The van der Waals surface area contributed by atoms with Crippen molar-refractivity contribution in [1.82, 2.24) is 0 Å². The molecule has 1 saturated carbocycles. The molecule has 1 saturated heterocycles. The lowest BCUT2D eigenvalue weighted by Gasteiger charge is -2.20. The topological polar surface area (TPSA) is 37.4 Å². The summed E-state index contributed by atoms with van der Waals surface area (Å²) in [5.74, 6) is -1.84. The number of nitrogens with zero attached hydrogens (tertiary/aromatic N) is 1. The number of amides is 2. The number of imide groups is 1. The molecule has 3 aliphatic rings. The van der Waals surface area contributed by atoms with Crippen molar-refractivity contribution in [2.24, 2.45) is 23.7 Å². The molecule has 0 spiro atoms. The molecule has 120 valence electrons. The molecule has 2 fully saturated rings. The van der Waals surface area contributed by atoms with Crippen molar-refractivity contribution in [3.05, 3.63) is 40.9 Å². The zero-order valence-corrected chi connectivity index (χ0v) is 12.4. The van der Waals surface area contributed by atoms with Crippen LogP contribution in [0.25, 0.3) is 0 Å². The van der Waals surface area contributed by atoms with Gasteiger partial charge >= 0.3 is 6.18 Å². The molecule has 1 aliphatic heterocycles. The van der Waals surface area contributed by atoms with Gasteiger partial charge in [-0.2, -0.15) is 13.2 Å². The molecule has 4 rings (SSSR count). The van der Waals surface area contributed by atoms with Crippen LogP contribution in [0.1, 0.15) is 12.0 Å². The van der Waals surface area contributed by atoms with Crippen LogP contribution in [0.4, 0.5) is 18.9 Å². The molecule has 2 amide bonds. The quantitative estimate of drug-likeness (QED) is 0.577. The van der Waals surface area contributed by atoms with Gasteiger partial charge in [-0.25, -0.2) is 4.90 Å². The highest BCUT2D eigenvalue weighted by atomic mass is 35.5. The molecule has 7 heteroatoms. The molecule has 1 heterocycles. The SMILES string of the molecule is O=C1C2C3C=CC(C3)C2C(=O)N1c1cc(C(F)(F)F)ccc1Cl. The standard InChI is InChI=1S/C16H11ClF3NO2/c17-10-4-3-9(16(18,19)20)6-11(10)21-14(22)12-7-1-2-8(5-7)13(12)15(21)23/h1-4,6-8,12-13H,5H2. The third-order valence-electron chi connectivity index (χ3n) is 4.98. The minimum Gasteiger partial charge on any atom is -0.274 e. The van der Waals surface area contributed by atoms with Crippen LogP contribution in [-0.2, 0) is 15.8 Å². The Morgan fingerprint density at radius 2 is 1.61 bits per heavy atom. The first-order valence-corrected chi connectivity index (χ1v) is 7.59. The summed E-state index contributed by atoms with van der Waals surface area (Å²) in [6.45, 7) is 0. The number of hydrogen-bond donors (Lipinski definition) is 0. The third kappa shape index (κ3) is 1.97. The molecular weight excluding hydrogens is 331 g/mol. The van der Waals surface area contributed by atoms with Gasteiger partial charge in [-0.3, -0.25) is 9.59 Å². The zero-order valence-electron chi connectivity index (χ0n) is 11.7. The number of carbonyl (C=O) groups excluding carboxylic acids is 2. The van der Waals surface area contributed by atoms with E-state index >= 15 is 0 Å². The monoisotopic (exact) mass is 341 g/mol. The molecule has 2 aliphatic carbocycles. The van der Waals surface area contributed by atoms with Crippen molar-refractivity contribution in [2.75, 3.05) is 4.90 Å². The number of fused-ring (bicyclic) bond motifs is 5. The van der Waals surface area contributed by atoms with E-state index in [4.69, 9.17) is 11.6 Å². The highest BCUT2D eigenvalue weighted by Crippen LogP contribution is 2.53. The van der Waals surface area contributed by atoms with E-state index in [0.29, 0.717) is 0 Å². The molecule has 1 aromatic rings. The highest BCUT2D eigenvalue weighted by Gasteiger charge is 2.59. The molecule has 4 unspecified atom stereocenters. The number of carbonyl (C=O) groups is 2. The summed E-state index contributed by atoms with van der Waals surface area (Å²) in [5, 5.41) is -0.0417. The Balaban J connectivity index is 1.78. The fraction of sp³-hybridized carbons (Fsp3) is 0.375. The Bertz CT molecular complexity index is 728. The number of allylic oxidation sites excluding steroid dienone is 2. The molecule has 1 aromatic carbocycles. The van der Waals surface area contributed by atoms with Gasteiger partial charge in [0.15, 0.2) is 0 Å². The lowest BCUT2D eigenvalue weighted by molar-refractivity contribution is -0.137. The first-order chi connectivity index (χ1) is 10.8. The summed E-state index contributed by atoms with van der Waals surface area (Å²) >= 11 is 5.97. The Labute approximate surface area is 134 Å². The predicted octanol–water partition coefficient (Wildman–Crippen LogP) is 3.67. The van der Waals surface area contributed by atoms with Gasteiger partial charge in [0.25, 0.3) is 0 Å². The van der Waals surface area contributed by atoms with E-state index in [1.54, 1.807) is 0 Å². The maximum atomic E-state index is 12.9. The molecule has 0 radical (unpaired) electrons. The Morgan fingerprint density at radius 1 is 1.04 bits per heavy atom. The molecule has 3 nitrogen and oxygen atoms in total. The largest absolute Gasteiger partial charge is 0.416 e. The second kappa shape index (κ2) is 4.60. The lowest BCUT2D eigenvalue weighted by atomic mass is 9.85. The van der Waals surface area contributed by atoms with Crippen molar-refractivity contribution in [2.45, 2.75) is 12.6 Å². The average molecular weight is 342 g/mol. The molecule has 4 atom stereocenters. The Kier molecular flexibility index (Phi) is 2.95. The van der Waals surface area contributed by atoms with E-state index in [1.165, 1.54) is 0 Å². The van der Waals surface area contributed by atoms with Crippen LogP contribution in [0.5, 0.6) is 0 Å². The van der Waals surface area contributed by atoms with Gasteiger partial charge in [-0.15, -0.1) is 0 Å². The van der Waals surface area contributed by atoms with E-state index in [1.807, 2.05) is 12.2 Å². The first-order valence-electron chi connectivity index (χ1n) is 7.22. The summed E-state index contributed by atoms with van der Waals surface area (Å²) < 4.78 is 38.7. The summed E-state index contributed by atoms with van der Waals surface area (Å²) in [5.41, 5.74) is -1.11. The van der Waals surface area contributed by atoms with Gasteiger partial charge < -0.3 is 0 Å². The molecular formula is C16H11ClF3NO2. The van der Waals surface area contributed by atoms with Crippen LogP contribution in [0.3, 0.4) is 0 Å². The van der Waals surface area contributed by atoms with E-state index in [2.05, 4.69) is 0 Å². The van der Waals surface area contributed by atoms with Crippen molar-refractivity contribution < 1.29 is 22.8 Å². The maximum Gasteiger partial charge on any atom is 0.416 e. The van der Waals surface area contributed by atoms with Crippen molar-refractivity contribution in [3.8, 4) is 0 Å². The van der Waals surface area contributed by atoms with Crippen LogP contribution in [0.2, 0.25) is 5.02 Å². The van der Waals surface area contributed by atoms with Gasteiger partial charge in [0.1, 0.15) is 0 Å². The normalized spacial score (nSPS) is 32.1. The first kappa shape index (κ1) is 14.8. The second-order valence-electron chi connectivity index (χ2n) is 6.18. The average Bonchev–Trinajstić information content (AvgIpc) is 3.13. The predicted molar refractivity (Wildman–Crippen MR) is 76.7 cm³/mol. The third-order valence-corrected chi connectivity index (χ3v) is 5.30. The van der Waals surface area contributed by atoms with Crippen molar-refractivity contribution in [1.29, 1.82) is 0 Å². The van der Waals surface area contributed by atoms with Crippen LogP contribution < -0.4 is 4.90 Å². The lowest BCUT2D eigenvalue weighted by Crippen LogP contribution is -2.33. The fourth-order valence-electron chi connectivity index (χ4n) is 4.00. The van der Waals surface area contributed by atoms with Gasteiger partial charge in [0, 0.05) is 0 Å². The Hall–Kier alpha value is -1.82. The fourth-order valence-corrected chi connectivity index (χ4v) is 4.20. The number of halogens is 4. The summed E-state index contributed by atoms with van der Waals surface area (Å²) in [6, 6.07) is 2.68. The molecule has 2 bridgehead atoms. The van der Waals surface area contributed by atoms with Gasteiger partial charge in [-0.1, -0.05) is 23.8 Å². The highest BCUT2D eigenvalue weighted by molar-refractivity contribution is 6.36. The number of alkyl halides is 3. The number of anilines is 1. The van der Waals surface area contributed by atoms with Crippen molar-refractivity contribution >= 4 is 29.1 Å². The smallest absolute Gasteiger partial charge is 0.274 e. The molecule has 0 aromatic heterocycles. The molecule has 0 N–H and O–H groups in total. The van der Waals surface area contributed by atoms with Crippen LogP contribution in [-0.4, -0.2) is 11.8 Å². The van der Waals surface area contributed by atoms with E-state index < -0.39 is 35.4 Å². The van der Waals surface area contributed by atoms with Crippen LogP contribution in [0, 0.1) is 23.7 Å². The van der Waals surface area contributed by atoms with E-state index in [9.17, 15) is 22.8 Å². The summed E-state index contributed by atoms with van der Waals surface area (Å²) in [6.07, 6.45) is 0.0428. The zero-order chi connectivity index (χ0) is 16.5. The minimum atomic E-state index is -4.57. The van der Waals surface area contributed by atoms with Gasteiger partial charge in [-0.05, 0) is 36.5 Å². The second-order valence-corrected chi connectivity index (χ2v) is 6.58. The van der Waals surface area contributed by atoms with E-state index in [0.717, 1.165) is 29.5 Å². The molecule has 23 heavy (non-hydrogen) atoms. The van der Waals surface area contributed by atoms with Crippen molar-refractivity contribution in [3.63, 3.8) is 0 Å². The summed E-state index contributed by atoms with van der Waals surface area (Å²) in [7, 11) is 0. The van der Waals surface area contributed by atoms with Gasteiger partial charge in [0.05, 0.1) is 28.1 Å². The van der Waals surface area contributed by atoms with Crippen LogP contribution >= 0.6 is 11.6 Å². The number of rotatable bonds is 1. The summed E-state index contributed by atoms with van der Waals surface area (Å²) in [4.78, 5) is 26.1. The number of hydrogen-bond acceptors (Lipinski definition) is 2. The van der Waals surface area contributed by atoms with Crippen LogP contribution in [0.15, 0.2) is 30.4 Å². The minimum absolute atomic E-state index is 0.00368. The van der Waals surface area contributed by atoms with E-state index in [-0.39, 0.29) is 22.5 Å². The van der Waals surface area contributed by atoms with Gasteiger partial charge in [0.2, 0.25) is 11.8 Å². The Morgan fingerprint density at radius 3 is 2.13 bits per heavy atom. The number of benzene rings is 1. The maximum absolute atomic E-state index is 12.9.